The van der Waals surface area contributed by atoms with E-state index in [4.69, 9.17) is 16.7 Å². The molecule has 0 aromatic heterocycles. The molecule has 1 heterocycles. The van der Waals surface area contributed by atoms with Gasteiger partial charge < -0.3 is 10.4 Å². The van der Waals surface area contributed by atoms with Crippen LogP contribution in [0.3, 0.4) is 0 Å². The summed E-state index contributed by atoms with van der Waals surface area (Å²) >= 11 is 5.37. The van der Waals surface area contributed by atoms with E-state index >= 15 is 0 Å². The normalized spacial score (nSPS) is 27.5. The van der Waals surface area contributed by atoms with Gasteiger partial charge in [0.05, 0.1) is 5.70 Å². The van der Waals surface area contributed by atoms with Gasteiger partial charge in [-0.05, 0) is 0 Å². The predicted octanol–water partition coefficient (Wildman–Crippen LogP) is -0.308. The molecule has 0 bridgehead atoms. The number of carbonyl (C=O) groups is 2. The zero-order valence-electron chi connectivity index (χ0n) is 4.80. The number of amides is 1. The Bertz CT molecular complexity index is 223. The summed E-state index contributed by atoms with van der Waals surface area (Å²) in [6.07, 6.45) is 0.874. The molecule has 0 unspecified atom stereocenters. The lowest BCUT2D eigenvalue weighted by Crippen LogP contribution is -2.47. The summed E-state index contributed by atoms with van der Waals surface area (Å²) in [5.41, 5.74) is 0.249. The molecule has 0 aromatic rings. The summed E-state index contributed by atoms with van der Waals surface area (Å²) in [6, 6.07) is 0. The van der Waals surface area contributed by atoms with E-state index in [2.05, 4.69) is 5.32 Å². The summed E-state index contributed by atoms with van der Waals surface area (Å²) in [4.78, 5) is 20.3. The van der Waals surface area contributed by atoms with Crippen molar-refractivity contribution in [3.63, 3.8) is 0 Å². The predicted molar refractivity (Wildman–Crippen MR) is 33.5 cm³/mol. The highest BCUT2D eigenvalue weighted by atomic mass is 35.5. The largest absolute Gasteiger partial charge is 0.478 e. The highest BCUT2D eigenvalue weighted by molar-refractivity contribution is 6.36. The number of hydrogen-bond donors (Lipinski definition) is 2. The van der Waals surface area contributed by atoms with Crippen molar-refractivity contribution in [2.24, 2.45) is 0 Å². The first-order valence-electron chi connectivity index (χ1n) is 2.50. The molecule has 1 saturated heterocycles. The van der Waals surface area contributed by atoms with Gasteiger partial charge in [0.2, 0.25) is 5.91 Å². The molecule has 0 spiro atoms. The monoisotopic (exact) mass is 161 g/mol. The van der Waals surface area contributed by atoms with Crippen molar-refractivity contribution in [2.75, 3.05) is 0 Å². The van der Waals surface area contributed by atoms with Crippen LogP contribution in [0.25, 0.3) is 0 Å². The summed E-state index contributed by atoms with van der Waals surface area (Å²) in [5.74, 6) is -1.46. The van der Waals surface area contributed by atoms with Crippen LogP contribution in [0.1, 0.15) is 0 Å². The SMILES string of the molecule is O=C(O)/C=C1\NC(=O)[C@@H]1Cl. The molecule has 0 aromatic carbocycles. The second kappa shape index (κ2) is 2.30. The van der Waals surface area contributed by atoms with Crippen LogP contribution < -0.4 is 5.32 Å². The number of carboxylic acid groups (broad SMARTS) is 1. The van der Waals surface area contributed by atoms with Crippen LogP contribution in [-0.4, -0.2) is 22.4 Å². The van der Waals surface area contributed by atoms with Gasteiger partial charge >= 0.3 is 5.97 Å². The van der Waals surface area contributed by atoms with Crippen molar-refractivity contribution in [2.45, 2.75) is 5.38 Å². The Balaban J connectivity index is 2.63. The number of carbonyl (C=O) groups excluding carboxylic acids is 1. The van der Waals surface area contributed by atoms with Gasteiger partial charge in [-0.15, -0.1) is 11.6 Å². The van der Waals surface area contributed by atoms with Gasteiger partial charge in [0.1, 0.15) is 0 Å². The lowest BCUT2D eigenvalue weighted by Gasteiger charge is -2.23. The number of halogens is 1. The third kappa shape index (κ3) is 1.11. The molecular weight excluding hydrogens is 158 g/mol. The van der Waals surface area contributed by atoms with Gasteiger partial charge in [-0.25, -0.2) is 4.79 Å². The smallest absolute Gasteiger partial charge is 0.330 e. The standard InChI is InChI=1S/C5H4ClNO3/c6-4-2(1-3(8)9)7-5(4)10/h1,4H,(H,7,10)(H,8,9)/b2-1-/t4-/m1/s1. The fraction of sp³-hybridized carbons (Fsp3) is 0.200. The second-order valence-corrected chi connectivity index (χ2v) is 2.23. The summed E-state index contributed by atoms with van der Waals surface area (Å²) in [7, 11) is 0. The highest BCUT2D eigenvalue weighted by Crippen LogP contribution is 2.16. The van der Waals surface area contributed by atoms with E-state index in [1.165, 1.54) is 0 Å². The van der Waals surface area contributed by atoms with Crippen molar-refractivity contribution in [1.82, 2.24) is 5.32 Å². The first kappa shape index (κ1) is 7.08. The van der Waals surface area contributed by atoms with Crippen LogP contribution in [0.2, 0.25) is 0 Å². The van der Waals surface area contributed by atoms with Crippen molar-refractivity contribution in [3.05, 3.63) is 11.8 Å². The van der Waals surface area contributed by atoms with Gasteiger partial charge in [-0.1, -0.05) is 0 Å². The Morgan fingerprint density at radius 2 is 2.40 bits per heavy atom. The molecule has 1 aliphatic heterocycles. The first-order chi connectivity index (χ1) is 4.61. The first-order valence-corrected chi connectivity index (χ1v) is 2.94. The zero-order valence-corrected chi connectivity index (χ0v) is 5.55. The fourth-order valence-corrected chi connectivity index (χ4v) is 0.747. The van der Waals surface area contributed by atoms with Gasteiger partial charge in [0, 0.05) is 6.08 Å². The minimum absolute atomic E-state index is 0.249. The van der Waals surface area contributed by atoms with Crippen LogP contribution in [-0.2, 0) is 9.59 Å². The van der Waals surface area contributed by atoms with Crippen LogP contribution in [0, 0.1) is 0 Å². The Labute approximate surface area is 61.5 Å². The molecule has 0 saturated carbocycles. The van der Waals surface area contributed by atoms with E-state index in [9.17, 15) is 9.59 Å². The van der Waals surface area contributed by atoms with Crippen LogP contribution in [0.5, 0.6) is 0 Å². The maximum Gasteiger partial charge on any atom is 0.330 e. The van der Waals surface area contributed by atoms with E-state index in [1.807, 2.05) is 0 Å². The number of β-lactam (4-membered cyclic amide) rings is 1. The molecule has 0 radical (unpaired) electrons. The summed E-state index contributed by atoms with van der Waals surface area (Å²) in [6.45, 7) is 0. The number of hydrogen-bond acceptors (Lipinski definition) is 2. The topological polar surface area (TPSA) is 66.4 Å². The highest BCUT2D eigenvalue weighted by Gasteiger charge is 2.32. The Hall–Kier alpha value is -1.03. The van der Waals surface area contributed by atoms with E-state index < -0.39 is 11.3 Å². The average molecular weight is 162 g/mol. The van der Waals surface area contributed by atoms with Crippen LogP contribution >= 0.6 is 11.6 Å². The molecule has 1 fully saturated rings. The number of carboxylic acids is 1. The number of alkyl halides is 1. The Morgan fingerprint density at radius 1 is 1.80 bits per heavy atom. The van der Waals surface area contributed by atoms with Crippen molar-refractivity contribution >= 4 is 23.5 Å². The lowest BCUT2D eigenvalue weighted by molar-refractivity contribution is -0.131. The van der Waals surface area contributed by atoms with Crippen molar-refractivity contribution < 1.29 is 14.7 Å². The van der Waals surface area contributed by atoms with E-state index in [0.717, 1.165) is 6.08 Å². The van der Waals surface area contributed by atoms with E-state index in [1.54, 1.807) is 0 Å². The molecule has 5 heteroatoms. The van der Waals surface area contributed by atoms with Crippen molar-refractivity contribution in [1.29, 1.82) is 0 Å². The molecule has 54 valence electrons. The Morgan fingerprint density at radius 3 is 2.70 bits per heavy atom. The molecule has 1 aliphatic rings. The summed E-state index contributed by atoms with van der Waals surface area (Å²) < 4.78 is 0. The second-order valence-electron chi connectivity index (χ2n) is 1.79. The maximum absolute atomic E-state index is 10.3. The Kier molecular flexibility index (Phi) is 1.63. The minimum atomic E-state index is -1.11. The van der Waals surface area contributed by atoms with Gasteiger partial charge in [-0.2, -0.15) is 0 Å². The molecule has 0 aliphatic carbocycles. The number of nitrogens with one attached hydrogen (secondary N) is 1. The third-order valence-corrected chi connectivity index (χ3v) is 1.48. The molecule has 1 atom stereocenters. The van der Waals surface area contributed by atoms with Gasteiger partial charge in [0.15, 0.2) is 5.38 Å². The fourth-order valence-electron chi connectivity index (χ4n) is 0.575. The van der Waals surface area contributed by atoms with E-state index in [0.29, 0.717) is 0 Å². The lowest BCUT2D eigenvalue weighted by atomic mass is 10.1. The van der Waals surface area contributed by atoms with E-state index in [-0.39, 0.29) is 11.6 Å². The molecule has 1 amide bonds. The molecule has 2 N–H and O–H groups in total. The summed E-state index contributed by atoms with van der Waals surface area (Å²) in [5, 5.41) is 9.60. The quantitative estimate of drug-likeness (QED) is 0.315. The van der Waals surface area contributed by atoms with Crippen LogP contribution in [0.15, 0.2) is 11.8 Å². The average Bonchev–Trinajstić information content (AvgIpc) is 1.86. The van der Waals surface area contributed by atoms with Gasteiger partial charge in [-0.3, -0.25) is 4.79 Å². The minimum Gasteiger partial charge on any atom is -0.478 e. The zero-order chi connectivity index (χ0) is 7.72. The molecule has 1 rings (SSSR count). The van der Waals surface area contributed by atoms with Crippen molar-refractivity contribution in [3.8, 4) is 0 Å². The molecular formula is C5H4ClNO3. The molecule has 4 nitrogen and oxygen atoms in total. The van der Waals surface area contributed by atoms with Crippen LogP contribution in [0.4, 0.5) is 0 Å². The van der Waals surface area contributed by atoms with Gasteiger partial charge in [0.25, 0.3) is 0 Å². The number of rotatable bonds is 1. The third-order valence-electron chi connectivity index (χ3n) is 1.05. The molecule has 10 heavy (non-hydrogen) atoms. The maximum atomic E-state index is 10.3. The number of aliphatic carboxylic acids is 1.